The average Bonchev–Trinajstić information content (AvgIpc) is 2.72. The summed E-state index contributed by atoms with van der Waals surface area (Å²) >= 11 is 1.56. The van der Waals surface area contributed by atoms with Crippen LogP contribution >= 0.6 is 11.3 Å². The summed E-state index contributed by atoms with van der Waals surface area (Å²) < 4.78 is 27.2. The van der Waals surface area contributed by atoms with E-state index >= 15 is 0 Å². The number of nitrogens with zero attached hydrogens (tertiary/aromatic N) is 1. The zero-order valence-corrected chi connectivity index (χ0v) is 13.4. The molecule has 0 amide bonds. The standard InChI is InChI=1S/C13H22N2O2S2/c1-10-6-4-5-7-15(10)19(16,17)13-8-12(9-14-3)18-11(13)2/h8,10,14H,4-7,9H2,1-3H3. The molecule has 1 aromatic rings. The van der Waals surface area contributed by atoms with Crippen LogP contribution in [0.15, 0.2) is 11.0 Å². The molecular weight excluding hydrogens is 280 g/mol. The molecule has 1 atom stereocenters. The molecule has 1 fully saturated rings. The molecule has 2 heterocycles. The quantitative estimate of drug-likeness (QED) is 0.929. The molecule has 1 saturated heterocycles. The molecule has 19 heavy (non-hydrogen) atoms. The summed E-state index contributed by atoms with van der Waals surface area (Å²) in [5, 5.41) is 3.07. The van der Waals surface area contributed by atoms with Gasteiger partial charge in [-0.2, -0.15) is 4.31 Å². The summed E-state index contributed by atoms with van der Waals surface area (Å²) in [5.41, 5.74) is 0. The Labute approximate surface area is 119 Å². The lowest BCUT2D eigenvalue weighted by molar-refractivity contribution is 0.268. The minimum absolute atomic E-state index is 0.116. The minimum Gasteiger partial charge on any atom is -0.315 e. The second-order valence-corrected chi connectivity index (χ2v) is 8.32. The van der Waals surface area contributed by atoms with Gasteiger partial charge >= 0.3 is 0 Å². The molecule has 0 aliphatic carbocycles. The van der Waals surface area contributed by atoms with Crippen LogP contribution < -0.4 is 5.32 Å². The third kappa shape index (κ3) is 3.02. The summed E-state index contributed by atoms with van der Waals surface area (Å²) in [6.07, 6.45) is 3.06. The lowest BCUT2D eigenvalue weighted by Gasteiger charge is -2.32. The topological polar surface area (TPSA) is 49.4 Å². The third-order valence-electron chi connectivity index (χ3n) is 3.60. The smallest absolute Gasteiger partial charge is 0.244 e. The number of nitrogens with one attached hydrogen (secondary N) is 1. The molecule has 6 heteroatoms. The van der Waals surface area contributed by atoms with E-state index in [-0.39, 0.29) is 6.04 Å². The summed E-state index contributed by atoms with van der Waals surface area (Å²) in [6, 6.07) is 1.94. The fraction of sp³-hybridized carbons (Fsp3) is 0.692. The Morgan fingerprint density at radius 3 is 2.84 bits per heavy atom. The van der Waals surface area contributed by atoms with E-state index in [1.165, 1.54) is 0 Å². The van der Waals surface area contributed by atoms with Crippen LogP contribution in [0.25, 0.3) is 0 Å². The number of thiophene rings is 1. The van der Waals surface area contributed by atoms with Crippen LogP contribution in [0.2, 0.25) is 0 Å². The Hall–Kier alpha value is -0.430. The minimum atomic E-state index is -3.32. The average molecular weight is 302 g/mol. The molecule has 0 bridgehead atoms. The van der Waals surface area contributed by atoms with E-state index in [4.69, 9.17) is 0 Å². The molecular formula is C13H22N2O2S2. The van der Waals surface area contributed by atoms with E-state index in [1.807, 2.05) is 27.0 Å². The maximum Gasteiger partial charge on any atom is 0.244 e. The van der Waals surface area contributed by atoms with Gasteiger partial charge in [-0.3, -0.25) is 0 Å². The number of sulfonamides is 1. The SMILES string of the molecule is CNCc1cc(S(=O)(=O)N2CCCCC2C)c(C)s1. The van der Waals surface area contributed by atoms with E-state index in [0.717, 1.165) is 35.6 Å². The first-order valence-electron chi connectivity index (χ1n) is 6.72. The van der Waals surface area contributed by atoms with Crippen molar-refractivity contribution < 1.29 is 8.42 Å². The molecule has 1 aliphatic rings. The van der Waals surface area contributed by atoms with Gasteiger partial charge in [-0.25, -0.2) is 8.42 Å². The highest BCUT2D eigenvalue weighted by Crippen LogP contribution is 2.31. The molecule has 0 aromatic carbocycles. The largest absolute Gasteiger partial charge is 0.315 e. The van der Waals surface area contributed by atoms with Gasteiger partial charge < -0.3 is 5.32 Å². The van der Waals surface area contributed by atoms with Crippen molar-refractivity contribution in [3.63, 3.8) is 0 Å². The fourth-order valence-corrected chi connectivity index (χ4v) is 5.91. The molecule has 0 spiro atoms. The van der Waals surface area contributed by atoms with Crippen molar-refractivity contribution in [1.82, 2.24) is 9.62 Å². The van der Waals surface area contributed by atoms with Crippen LogP contribution in [0.3, 0.4) is 0 Å². The van der Waals surface area contributed by atoms with Gasteiger partial charge in [-0.1, -0.05) is 6.42 Å². The Balaban J connectivity index is 2.33. The summed E-state index contributed by atoms with van der Waals surface area (Å²) in [6.45, 7) is 5.27. The van der Waals surface area contributed by atoms with Crippen molar-refractivity contribution in [3.05, 3.63) is 15.8 Å². The maximum absolute atomic E-state index is 12.7. The maximum atomic E-state index is 12.7. The second-order valence-electron chi connectivity index (χ2n) is 5.12. The molecule has 1 N–H and O–H groups in total. The summed E-state index contributed by atoms with van der Waals surface area (Å²) in [4.78, 5) is 2.46. The predicted octanol–water partition coefficient (Wildman–Crippen LogP) is 2.34. The first-order valence-corrected chi connectivity index (χ1v) is 8.98. The van der Waals surface area contributed by atoms with Crippen LogP contribution in [0.4, 0.5) is 0 Å². The molecule has 2 rings (SSSR count). The number of piperidine rings is 1. The highest BCUT2D eigenvalue weighted by atomic mass is 32.2. The van der Waals surface area contributed by atoms with Gasteiger partial charge in [0, 0.05) is 28.9 Å². The number of rotatable bonds is 4. The van der Waals surface area contributed by atoms with Crippen molar-refractivity contribution in [2.45, 2.75) is 50.6 Å². The van der Waals surface area contributed by atoms with E-state index in [0.29, 0.717) is 11.4 Å². The zero-order valence-electron chi connectivity index (χ0n) is 11.8. The molecule has 1 aromatic heterocycles. The van der Waals surface area contributed by atoms with Gasteiger partial charge in [0.1, 0.15) is 0 Å². The Morgan fingerprint density at radius 2 is 2.21 bits per heavy atom. The van der Waals surface area contributed by atoms with Crippen molar-refractivity contribution in [2.75, 3.05) is 13.6 Å². The molecule has 1 aliphatic heterocycles. The second kappa shape index (κ2) is 5.91. The van der Waals surface area contributed by atoms with Gasteiger partial charge in [0.15, 0.2) is 0 Å². The highest BCUT2D eigenvalue weighted by Gasteiger charge is 2.32. The van der Waals surface area contributed by atoms with Crippen LogP contribution in [0.1, 0.15) is 35.9 Å². The van der Waals surface area contributed by atoms with Crippen LogP contribution in [-0.4, -0.2) is 32.4 Å². The van der Waals surface area contributed by atoms with Gasteiger partial charge in [0.2, 0.25) is 10.0 Å². The van der Waals surface area contributed by atoms with E-state index in [9.17, 15) is 8.42 Å². The fourth-order valence-electron chi connectivity index (χ4n) is 2.60. The third-order valence-corrected chi connectivity index (χ3v) is 6.92. The van der Waals surface area contributed by atoms with Crippen LogP contribution in [0, 0.1) is 6.92 Å². The summed E-state index contributed by atoms with van der Waals surface area (Å²) in [7, 11) is -1.45. The number of hydrogen-bond donors (Lipinski definition) is 1. The molecule has 1 unspecified atom stereocenters. The first kappa shape index (κ1) is 15.0. The Morgan fingerprint density at radius 1 is 1.47 bits per heavy atom. The van der Waals surface area contributed by atoms with E-state index in [2.05, 4.69) is 5.32 Å². The molecule has 108 valence electrons. The molecule has 4 nitrogen and oxygen atoms in total. The van der Waals surface area contributed by atoms with Crippen LogP contribution in [-0.2, 0) is 16.6 Å². The molecule has 0 saturated carbocycles. The highest BCUT2D eigenvalue weighted by molar-refractivity contribution is 7.89. The number of hydrogen-bond acceptors (Lipinski definition) is 4. The molecule has 0 radical (unpaired) electrons. The first-order chi connectivity index (χ1) is 8.96. The van der Waals surface area contributed by atoms with Gasteiger partial charge in [-0.15, -0.1) is 11.3 Å². The lowest BCUT2D eigenvalue weighted by atomic mass is 10.1. The van der Waals surface area contributed by atoms with E-state index in [1.54, 1.807) is 15.6 Å². The predicted molar refractivity (Wildman–Crippen MR) is 79.0 cm³/mol. The lowest BCUT2D eigenvalue weighted by Crippen LogP contribution is -2.41. The zero-order chi connectivity index (χ0) is 14.0. The number of aryl methyl sites for hydroxylation is 1. The normalized spacial score (nSPS) is 21.7. The van der Waals surface area contributed by atoms with Crippen molar-refractivity contribution in [3.8, 4) is 0 Å². The van der Waals surface area contributed by atoms with Crippen molar-refractivity contribution in [1.29, 1.82) is 0 Å². The Bertz CT molecular complexity index is 537. The van der Waals surface area contributed by atoms with Crippen molar-refractivity contribution in [2.24, 2.45) is 0 Å². The van der Waals surface area contributed by atoms with Crippen molar-refractivity contribution >= 4 is 21.4 Å². The Kier molecular flexibility index (Phi) is 4.66. The summed E-state index contributed by atoms with van der Waals surface area (Å²) in [5.74, 6) is 0. The van der Waals surface area contributed by atoms with Gasteiger partial charge in [0.05, 0.1) is 4.90 Å². The van der Waals surface area contributed by atoms with Gasteiger partial charge in [0.25, 0.3) is 0 Å². The van der Waals surface area contributed by atoms with Crippen LogP contribution in [0.5, 0.6) is 0 Å². The van der Waals surface area contributed by atoms with Gasteiger partial charge in [-0.05, 0) is 39.8 Å². The monoisotopic (exact) mass is 302 g/mol. The van der Waals surface area contributed by atoms with E-state index < -0.39 is 10.0 Å².